The van der Waals surface area contributed by atoms with E-state index in [0.717, 1.165) is 39.5 Å². The zero-order chi connectivity index (χ0) is 18.3. The first kappa shape index (κ1) is 16.5. The minimum atomic E-state index is 0.209. The van der Waals surface area contributed by atoms with Crippen molar-refractivity contribution in [3.8, 4) is 17.0 Å². The van der Waals surface area contributed by atoms with Gasteiger partial charge in [-0.05, 0) is 61.4 Å². The molecule has 2 heterocycles. The van der Waals surface area contributed by atoms with Crippen LogP contribution >= 0.6 is 11.6 Å². The monoisotopic (exact) mass is 363 g/mol. The van der Waals surface area contributed by atoms with Crippen molar-refractivity contribution in [3.63, 3.8) is 0 Å². The van der Waals surface area contributed by atoms with Crippen molar-refractivity contribution in [3.05, 3.63) is 76.9 Å². The molecule has 0 aliphatic heterocycles. The fourth-order valence-electron chi connectivity index (χ4n) is 2.99. The largest absolute Gasteiger partial charge is 0.508 e. The van der Waals surface area contributed by atoms with Crippen molar-refractivity contribution in [2.24, 2.45) is 0 Å². The maximum atomic E-state index is 9.88. The van der Waals surface area contributed by atoms with Gasteiger partial charge in [-0.25, -0.2) is 4.98 Å². The Balaban J connectivity index is 1.94. The second-order valence-electron chi connectivity index (χ2n) is 6.33. The molecule has 0 aliphatic carbocycles. The maximum Gasteiger partial charge on any atom is 0.143 e. The first-order valence-corrected chi connectivity index (χ1v) is 8.71. The first-order valence-electron chi connectivity index (χ1n) is 8.33. The van der Waals surface area contributed by atoms with E-state index in [1.54, 1.807) is 12.1 Å². The molecular formula is C21H18ClN3O. The minimum absolute atomic E-state index is 0.209. The molecule has 0 spiro atoms. The van der Waals surface area contributed by atoms with E-state index in [1.165, 1.54) is 0 Å². The second-order valence-corrected chi connectivity index (χ2v) is 6.74. The molecule has 4 nitrogen and oxygen atoms in total. The van der Waals surface area contributed by atoms with Crippen LogP contribution in [0.15, 0.2) is 60.8 Å². The number of hydrogen-bond donors (Lipinski definition) is 2. The van der Waals surface area contributed by atoms with Gasteiger partial charge in [0.15, 0.2) is 0 Å². The molecule has 0 saturated carbocycles. The molecule has 0 radical (unpaired) electrons. The zero-order valence-electron chi connectivity index (χ0n) is 14.5. The molecule has 2 aromatic carbocycles. The van der Waals surface area contributed by atoms with E-state index >= 15 is 0 Å². The number of aromatic hydroxyl groups is 1. The Morgan fingerprint density at radius 3 is 2.65 bits per heavy atom. The van der Waals surface area contributed by atoms with Crippen LogP contribution in [-0.2, 0) is 0 Å². The molecule has 26 heavy (non-hydrogen) atoms. The average molecular weight is 364 g/mol. The van der Waals surface area contributed by atoms with Crippen molar-refractivity contribution < 1.29 is 5.11 Å². The lowest BCUT2D eigenvalue weighted by Gasteiger charge is -2.12. The predicted molar refractivity (Wildman–Crippen MR) is 107 cm³/mol. The highest BCUT2D eigenvalue weighted by atomic mass is 35.5. The standard InChI is InChI=1S/C21H18ClN3O/c1-13-9-10-25-19(11-13)24-20(15-5-3-6-16(26)12-15)21(25)23-18-8-4-7-17(22)14(18)2/h3-12,23,26H,1-2H3. The number of hydrogen-bond acceptors (Lipinski definition) is 3. The molecule has 0 unspecified atom stereocenters. The fraction of sp³-hybridized carbons (Fsp3) is 0.0952. The summed E-state index contributed by atoms with van der Waals surface area (Å²) < 4.78 is 2.01. The van der Waals surface area contributed by atoms with Gasteiger partial charge in [0, 0.05) is 22.5 Å². The minimum Gasteiger partial charge on any atom is -0.508 e. The van der Waals surface area contributed by atoms with Crippen LogP contribution in [0, 0.1) is 13.8 Å². The lowest BCUT2D eigenvalue weighted by molar-refractivity contribution is 0.475. The number of fused-ring (bicyclic) bond motifs is 1. The van der Waals surface area contributed by atoms with Crippen molar-refractivity contribution in [1.82, 2.24) is 9.38 Å². The number of nitrogens with zero attached hydrogens (tertiary/aromatic N) is 2. The number of phenols is 1. The van der Waals surface area contributed by atoms with E-state index in [2.05, 4.69) is 5.32 Å². The molecule has 0 atom stereocenters. The van der Waals surface area contributed by atoms with Crippen molar-refractivity contribution >= 4 is 28.8 Å². The third kappa shape index (κ3) is 2.89. The van der Waals surface area contributed by atoms with Gasteiger partial charge >= 0.3 is 0 Å². The zero-order valence-corrected chi connectivity index (χ0v) is 15.2. The Kier molecular flexibility index (Phi) is 4.05. The highest BCUT2D eigenvalue weighted by Crippen LogP contribution is 2.34. The number of halogens is 1. The Hall–Kier alpha value is -2.98. The molecule has 2 aromatic heterocycles. The number of rotatable bonds is 3. The normalized spacial score (nSPS) is 11.0. The van der Waals surface area contributed by atoms with Gasteiger partial charge in [0.05, 0.1) is 0 Å². The molecule has 130 valence electrons. The van der Waals surface area contributed by atoms with Gasteiger partial charge in [0.1, 0.15) is 22.9 Å². The number of phenolic OH excluding ortho intramolecular Hbond substituents is 1. The van der Waals surface area contributed by atoms with Crippen LogP contribution in [0.1, 0.15) is 11.1 Å². The number of anilines is 2. The van der Waals surface area contributed by atoms with Gasteiger partial charge in [-0.15, -0.1) is 0 Å². The van der Waals surface area contributed by atoms with Gasteiger partial charge < -0.3 is 10.4 Å². The smallest absolute Gasteiger partial charge is 0.143 e. The summed E-state index contributed by atoms with van der Waals surface area (Å²) in [5, 5.41) is 14.1. The third-order valence-corrected chi connectivity index (χ3v) is 4.83. The van der Waals surface area contributed by atoms with Crippen LogP contribution in [0.5, 0.6) is 5.75 Å². The molecule has 2 N–H and O–H groups in total. The Bertz CT molecular complexity index is 1120. The van der Waals surface area contributed by atoms with Crippen molar-refractivity contribution in [1.29, 1.82) is 0 Å². The average Bonchev–Trinajstić information content (AvgIpc) is 2.96. The molecule has 0 bridgehead atoms. The number of aromatic nitrogens is 2. The molecule has 4 aromatic rings. The third-order valence-electron chi connectivity index (χ3n) is 4.42. The molecule has 5 heteroatoms. The van der Waals surface area contributed by atoms with Crippen LogP contribution < -0.4 is 5.32 Å². The lowest BCUT2D eigenvalue weighted by Crippen LogP contribution is -1.99. The molecule has 0 aliphatic rings. The van der Waals surface area contributed by atoms with Crippen LogP contribution in [0.2, 0.25) is 5.02 Å². The molecule has 0 amide bonds. The highest BCUT2D eigenvalue weighted by Gasteiger charge is 2.16. The Morgan fingerprint density at radius 2 is 1.85 bits per heavy atom. The van der Waals surface area contributed by atoms with Crippen LogP contribution in [-0.4, -0.2) is 14.5 Å². The molecule has 4 rings (SSSR count). The van der Waals surface area contributed by atoms with E-state index < -0.39 is 0 Å². The van der Waals surface area contributed by atoms with Crippen molar-refractivity contribution in [2.45, 2.75) is 13.8 Å². The van der Waals surface area contributed by atoms with Crippen molar-refractivity contribution in [2.75, 3.05) is 5.32 Å². The predicted octanol–water partition coefficient (Wildman–Crippen LogP) is 5.72. The highest BCUT2D eigenvalue weighted by molar-refractivity contribution is 6.31. The summed E-state index contributed by atoms with van der Waals surface area (Å²) in [5.41, 5.74) is 5.47. The number of nitrogens with one attached hydrogen (secondary N) is 1. The summed E-state index contributed by atoms with van der Waals surface area (Å²) in [5.74, 6) is 1.04. The van der Waals surface area contributed by atoms with Gasteiger partial charge in [-0.1, -0.05) is 29.8 Å². The number of benzene rings is 2. The van der Waals surface area contributed by atoms with Gasteiger partial charge in [0.2, 0.25) is 0 Å². The van der Waals surface area contributed by atoms with E-state index in [1.807, 2.05) is 66.9 Å². The topological polar surface area (TPSA) is 49.6 Å². The van der Waals surface area contributed by atoms with E-state index in [9.17, 15) is 5.11 Å². The van der Waals surface area contributed by atoms with E-state index in [4.69, 9.17) is 16.6 Å². The SMILES string of the molecule is Cc1ccn2c(Nc3cccc(Cl)c3C)c(-c3cccc(O)c3)nc2c1. The van der Waals surface area contributed by atoms with Gasteiger partial charge in [0.25, 0.3) is 0 Å². The Morgan fingerprint density at radius 1 is 1.04 bits per heavy atom. The quantitative estimate of drug-likeness (QED) is 0.489. The number of pyridine rings is 1. The van der Waals surface area contributed by atoms with Gasteiger partial charge in [-0.3, -0.25) is 4.40 Å². The fourth-order valence-corrected chi connectivity index (χ4v) is 3.17. The molecule has 0 fully saturated rings. The molecule has 0 saturated heterocycles. The summed E-state index contributed by atoms with van der Waals surface area (Å²) in [6.45, 7) is 4.02. The molecular weight excluding hydrogens is 346 g/mol. The summed E-state index contributed by atoms with van der Waals surface area (Å²) in [6.07, 6.45) is 1.99. The van der Waals surface area contributed by atoms with E-state index in [0.29, 0.717) is 5.02 Å². The second kappa shape index (κ2) is 6.39. The van der Waals surface area contributed by atoms with Crippen LogP contribution in [0.25, 0.3) is 16.9 Å². The summed E-state index contributed by atoms with van der Waals surface area (Å²) in [4.78, 5) is 4.79. The van der Waals surface area contributed by atoms with Crippen LogP contribution in [0.4, 0.5) is 11.5 Å². The van der Waals surface area contributed by atoms with Gasteiger partial charge in [-0.2, -0.15) is 0 Å². The van der Waals surface area contributed by atoms with E-state index in [-0.39, 0.29) is 5.75 Å². The summed E-state index contributed by atoms with van der Waals surface area (Å²) in [6, 6.07) is 17.0. The summed E-state index contributed by atoms with van der Waals surface area (Å²) >= 11 is 6.28. The number of imidazole rings is 1. The summed E-state index contributed by atoms with van der Waals surface area (Å²) in [7, 11) is 0. The lowest BCUT2D eigenvalue weighted by atomic mass is 10.1. The van der Waals surface area contributed by atoms with Crippen LogP contribution in [0.3, 0.4) is 0 Å². The number of aryl methyl sites for hydroxylation is 1. The Labute approximate surface area is 156 Å². The first-order chi connectivity index (χ1) is 12.5. The maximum absolute atomic E-state index is 9.88.